The van der Waals surface area contributed by atoms with Crippen molar-refractivity contribution in [2.24, 2.45) is 11.8 Å². The van der Waals surface area contributed by atoms with Crippen LogP contribution in [0.25, 0.3) is 0 Å². The van der Waals surface area contributed by atoms with Gasteiger partial charge in [-0.25, -0.2) is 4.39 Å². The number of hydrogen-bond donors (Lipinski definition) is 2. The molecule has 3 aliphatic heterocycles. The zero-order valence-electron chi connectivity index (χ0n) is 12.4. The fourth-order valence-corrected chi connectivity index (χ4v) is 3.66. The third kappa shape index (κ3) is 3.40. The Morgan fingerprint density at radius 3 is 2.82 bits per heavy atom. The van der Waals surface area contributed by atoms with Crippen molar-refractivity contribution >= 4 is 23.0 Å². The molecule has 4 atom stereocenters. The minimum Gasteiger partial charge on any atom is -0.361 e. The molecular weight excluding hydrogens is 297 g/mol. The lowest BCUT2D eigenvalue weighted by molar-refractivity contribution is 0.0248. The molecule has 1 aromatic carbocycles. The molecule has 1 unspecified atom stereocenters. The molecular formula is C17H20FN3S. The third-order valence-corrected chi connectivity index (χ3v) is 4.94. The van der Waals surface area contributed by atoms with E-state index in [1.165, 1.54) is 18.6 Å². The van der Waals surface area contributed by atoms with Crippen LogP contribution in [0.1, 0.15) is 12.8 Å². The van der Waals surface area contributed by atoms with Crippen molar-refractivity contribution in [3.8, 4) is 12.3 Å². The predicted molar refractivity (Wildman–Crippen MR) is 91.0 cm³/mol. The molecule has 3 nitrogen and oxygen atoms in total. The van der Waals surface area contributed by atoms with Crippen LogP contribution < -0.4 is 10.6 Å². The molecule has 0 spiro atoms. The molecule has 0 radical (unpaired) electrons. The molecule has 1 aromatic rings. The van der Waals surface area contributed by atoms with Crippen molar-refractivity contribution in [3.63, 3.8) is 0 Å². The molecule has 116 valence electrons. The molecule has 4 rings (SSSR count). The van der Waals surface area contributed by atoms with E-state index in [0.29, 0.717) is 23.0 Å². The predicted octanol–water partition coefficient (Wildman–Crippen LogP) is 2.46. The van der Waals surface area contributed by atoms with E-state index in [2.05, 4.69) is 21.5 Å². The Hall–Kier alpha value is -1.64. The number of fused-ring (bicyclic) bond motifs is 3. The Morgan fingerprint density at radius 1 is 1.41 bits per heavy atom. The molecule has 22 heavy (non-hydrogen) atoms. The summed E-state index contributed by atoms with van der Waals surface area (Å²) in [5.74, 6) is 3.74. The zero-order chi connectivity index (χ0) is 15.5. The van der Waals surface area contributed by atoms with Crippen molar-refractivity contribution in [2.45, 2.75) is 18.9 Å². The highest BCUT2D eigenvalue weighted by atomic mass is 32.1. The number of benzene rings is 1. The van der Waals surface area contributed by atoms with E-state index in [0.717, 1.165) is 31.7 Å². The first-order valence-corrected chi connectivity index (χ1v) is 8.07. The highest BCUT2D eigenvalue weighted by Crippen LogP contribution is 2.35. The van der Waals surface area contributed by atoms with E-state index in [4.69, 9.17) is 18.6 Å². The van der Waals surface area contributed by atoms with Crippen LogP contribution in [0, 0.1) is 30.0 Å². The van der Waals surface area contributed by atoms with E-state index < -0.39 is 0 Å². The van der Waals surface area contributed by atoms with Gasteiger partial charge in [-0.3, -0.25) is 4.90 Å². The Kier molecular flexibility index (Phi) is 4.60. The van der Waals surface area contributed by atoms with Crippen LogP contribution in [0.4, 0.5) is 10.1 Å². The van der Waals surface area contributed by atoms with Crippen molar-refractivity contribution < 1.29 is 4.39 Å². The van der Waals surface area contributed by atoms with Crippen molar-refractivity contribution in [1.29, 1.82) is 0 Å². The Morgan fingerprint density at radius 2 is 2.18 bits per heavy atom. The Bertz CT molecular complexity index is 581. The fraction of sp³-hybridized carbons (Fsp3) is 0.471. The fourth-order valence-electron chi connectivity index (χ4n) is 3.46. The normalized spacial score (nSPS) is 29.6. The van der Waals surface area contributed by atoms with Crippen molar-refractivity contribution in [1.82, 2.24) is 10.2 Å². The van der Waals surface area contributed by atoms with Gasteiger partial charge in [0.25, 0.3) is 0 Å². The summed E-state index contributed by atoms with van der Waals surface area (Å²) in [7, 11) is 0. The number of thiocarbonyl (C=S) groups is 1. The summed E-state index contributed by atoms with van der Waals surface area (Å²) in [6, 6.07) is 6.67. The number of hydrogen-bond acceptors (Lipinski definition) is 2. The second kappa shape index (κ2) is 6.64. The first-order valence-electron chi connectivity index (χ1n) is 7.66. The van der Waals surface area contributed by atoms with Crippen LogP contribution in [0.15, 0.2) is 24.3 Å². The van der Waals surface area contributed by atoms with Crippen LogP contribution in [0.2, 0.25) is 0 Å². The molecule has 0 aromatic heterocycles. The molecule has 0 amide bonds. The Labute approximate surface area is 136 Å². The molecule has 2 bridgehead atoms. The van der Waals surface area contributed by atoms with Gasteiger partial charge in [-0.05, 0) is 61.8 Å². The number of anilines is 1. The number of nitrogens with one attached hydrogen (secondary N) is 2. The van der Waals surface area contributed by atoms with Gasteiger partial charge in [0.15, 0.2) is 5.11 Å². The minimum atomic E-state index is -0.251. The lowest BCUT2D eigenvalue weighted by Gasteiger charge is -2.48. The van der Waals surface area contributed by atoms with Gasteiger partial charge in [0, 0.05) is 30.7 Å². The summed E-state index contributed by atoms with van der Waals surface area (Å²) < 4.78 is 12.9. The molecule has 5 heteroatoms. The average molecular weight is 317 g/mol. The SMILES string of the molecule is C#C[C@@H]1CN2CC[C@H]1C[C@@H]2CNC(=S)Nc1ccc(F)cc1. The van der Waals surface area contributed by atoms with Gasteiger partial charge >= 0.3 is 0 Å². The van der Waals surface area contributed by atoms with Gasteiger partial charge < -0.3 is 10.6 Å². The first-order chi connectivity index (χ1) is 10.7. The second-order valence-electron chi connectivity index (χ2n) is 6.05. The largest absolute Gasteiger partial charge is 0.361 e. The average Bonchev–Trinajstić information content (AvgIpc) is 2.55. The summed E-state index contributed by atoms with van der Waals surface area (Å²) in [6.07, 6.45) is 7.96. The van der Waals surface area contributed by atoms with Crippen LogP contribution in [-0.4, -0.2) is 35.7 Å². The van der Waals surface area contributed by atoms with Crippen LogP contribution >= 0.6 is 12.2 Å². The van der Waals surface area contributed by atoms with Crippen LogP contribution in [-0.2, 0) is 0 Å². The van der Waals surface area contributed by atoms with E-state index in [-0.39, 0.29) is 5.82 Å². The van der Waals surface area contributed by atoms with E-state index in [9.17, 15) is 4.39 Å². The van der Waals surface area contributed by atoms with E-state index in [1.807, 2.05) is 0 Å². The maximum atomic E-state index is 12.9. The van der Waals surface area contributed by atoms with Crippen LogP contribution in [0.3, 0.4) is 0 Å². The van der Waals surface area contributed by atoms with Gasteiger partial charge in [0.05, 0.1) is 0 Å². The number of halogens is 1. The first kappa shape index (κ1) is 15.3. The van der Waals surface area contributed by atoms with Gasteiger partial charge in [0.1, 0.15) is 5.82 Å². The number of nitrogens with zero attached hydrogens (tertiary/aromatic N) is 1. The van der Waals surface area contributed by atoms with Gasteiger partial charge in [0.2, 0.25) is 0 Å². The lowest BCUT2D eigenvalue weighted by atomic mass is 9.76. The summed E-state index contributed by atoms with van der Waals surface area (Å²) >= 11 is 5.30. The van der Waals surface area contributed by atoms with E-state index >= 15 is 0 Å². The minimum absolute atomic E-state index is 0.251. The second-order valence-corrected chi connectivity index (χ2v) is 6.46. The smallest absolute Gasteiger partial charge is 0.170 e. The topological polar surface area (TPSA) is 27.3 Å². The van der Waals surface area contributed by atoms with Crippen molar-refractivity contribution in [3.05, 3.63) is 30.1 Å². The molecule has 3 saturated heterocycles. The van der Waals surface area contributed by atoms with Crippen molar-refractivity contribution in [2.75, 3.05) is 25.0 Å². The van der Waals surface area contributed by atoms with E-state index in [1.54, 1.807) is 12.1 Å². The summed E-state index contributed by atoms with van der Waals surface area (Å²) in [4.78, 5) is 2.47. The maximum Gasteiger partial charge on any atom is 0.170 e. The van der Waals surface area contributed by atoms with Gasteiger partial charge in [-0.1, -0.05) is 0 Å². The highest BCUT2D eigenvalue weighted by Gasteiger charge is 2.38. The molecule has 0 aliphatic carbocycles. The lowest BCUT2D eigenvalue weighted by Crippen LogP contribution is -2.56. The highest BCUT2D eigenvalue weighted by molar-refractivity contribution is 7.80. The molecule has 0 saturated carbocycles. The molecule has 3 aliphatic rings. The number of terminal acetylenes is 1. The summed E-state index contributed by atoms with van der Waals surface area (Å²) in [6.45, 7) is 2.96. The van der Waals surface area contributed by atoms with Gasteiger partial charge in [-0.15, -0.1) is 12.3 Å². The summed E-state index contributed by atoms with van der Waals surface area (Å²) in [5, 5.41) is 6.91. The summed E-state index contributed by atoms with van der Waals surface area (Å²) in [5.41, 5.74) is 0.789. The van der Waals surface area contributed by atoms with Gasteiger partial charge in [-0.2, -0.15) is 0 Å². The molecule has 2 N–H and O–H groups in total. The molecule has 3 heterocycles. The number of rotatable bonds is 3. The molecule has 3 fully saturated rings. The van der Waals surface area contributed by atoms with Crippen LogP contribution in [0.5, 0.6) is 0 Å². The number of piperidine rings is 3. The monoisotopic (exact) mass is 317 g/mol. The Balaban J connectivity index is 1.48. The standard InChI is InChI=1S/C17H20FN3S/c1-2-12-11-21-8-7-13(12)9-16(21)10-19-17(22)20-15-5-3-14(18)4-6-15/h1,3-6,12-13,16H,7-11H2,(H2,19,20,22)/t12-,13+,16-/m1/s1. The maximum absolute atomic E-state index is 12.9. The third-order valence-electron chi connectivity index (χ3n) is 4.69. The zero-order valence-corrected chi connectivity index (χ0v) is 13.2. The quantitative estimate of drug-likeness (QED) is 0.661.